The molecule has 0 radical (unpaired) electrons. The zero-order valence-corrected chi connectivity index (χ0v) is 11.4. The maximum atomic E-state index is 5.75. The molecule has 2 aliphatic heterocycles. The summed E-state index contributed by atoms with van der Waals surface area (Å²) >= 11 is 0. The predicted octanol–water partition coefficient (Wildman–Crippen LogP) is 3.19. The molecule has 0 spiro atoms. The summed E-state index contributed by atoms with van der Waals surface area (Å²) in [6.45, 7) is 3.20. The first kappa shape index (κ1) is 13.1. The van der Waals surface area contributed by atoms with Crippen LogP contribution in [0.25, 0.3) is 0 Å². The maximum Gasteiger partial charge on any atom is 0.157 e. The van der Waals surface area contributed by atoms with Gasteiger partial charge in [0, 0.05) is 6.61 Å². The predicted molar refractivity (Wildman–Crippen MR) is 72.8 cm³/mol. The number of fused-ring (bicyclic) bond motifs is 1. The van der Waals surface area contributed by atoms with Crippen LogP contribution in [0.3, 0.4) is 0 Å². The van der Waals surface area contributed by atoms with Gasteiger partial charge in [-0.05, 0) is 48.8 Å². The lowest BCUT2D eigenvalue weighted by molar-refractivity contribution is -0.162. The summed E-state index contributed by atoms with van der Waals surface area (Å²) in [5.41, 5.74) is 4.09. The minimum atomic E-state index is 0.0437. The van der Waals surface area contributed by atoms with Crippen LogP contribution in [0.4, 0.5) is 0 Å². The van der Waals surface area contributed by atoms with Gasteiger partial charge in [0.05, 0.1) is 19.8 Å². The fourth-order valence-electron chi connectivity index (χ4n) is 2.71. The molecule has 1 aromatic carbocycles. The zero-order chi connectivity index (χ0) is 12.9. The number of aryl methyl sites for hydroxylation is 1. The van der Waals surface area contributed by atoms with Crippen molar-refractivity contribution in [3.8, 4) is 0 Å². The van der Waals surface area contributed by atoms with Gasteiger partial charge in [0.25, 0.3) is 0 Å². The normalized spacial score (nSPS) is 22.4. The standard InChI is InChI=1S/C16H22O3/c1-2-8-18-16(5-1)19-9-3-4-13-6-7-14-11-17-12-15(14)10-13/h6-7,10,16H,1-5,8-9,11-12H2. The van der Waals surface area contributed by atoms with E-state index in [0.29, 0.717) is 0 Å². The fraction of sp³-hybridized carbons (Fsp3) is 0.625. The van der Waals surface area contributed by atoms with Crippen LogP contribution in [0.2, 0.25) is 0 Å². The van der Waals surface area contributed by atoms with E-state index in [-0.39, 0.29) is 6.29 Å². The minimum absolute atomic E-state index is 0.0437. The Morgan fingerprint density at radius 2 is 2.11 bits per heavy atom. The van der Waals surface area contributed by atoms with Crippen molar-refractivity contribution in [2.24, 2.45) is 0 Å². The molecule has 0 saturated carbocycles. The molecule has 0 N–H and O–H groups in total. The van der Waals surface area contributed by atoms with E-state index in [2.05, 4.69) is 18.2 Å². The van der Waals surface area contributed by atoms with E-state index >= 15 is 0 Å². The van der Waals surface area contributed by atoms with E-state index in [0.717, 1.165) is 45.7 Å². The Bertz CT molecular complexity index is 410. The first-order valence-electron chi connectivity index (χ1n) is 7.33. The van der Waals surface area contributed by atoms with Crippen molar-refractivity contribution < 1.29 is 14.2 Å². The highest BCUT2D eigenvalue weighted by atomic mass is 16.7. The third kappa shape index (κ3) is 3.56. The summed E-state index contributed by atoms with van der Waals surface area (Å²) in [6, 6.07) is 6.69. The minimum Gasteiger partial charge on any atom is -0.372 e. The van der Waals surface area contributed by atoms with Gasteiger partial charge in [0.1, 0.15) is 0 Å². The topological polar surface area (TPSA) is 27.7 Å². The number of hydrogen-bond acceptors (Lipinski definition) is 3. The number of hydrogen-bond donors (Lipinski definition) is 0. The summed E-state index contributed by atoms with van der Waals surface area (Å²) in [4.78, 5) is 0. The quantitative estimate of drug-likeness (QED) is 0.763. The Morgan fingerprint density at radius 3 is 3.00 bits per heavy atom. The van der Waals surface area contributed by atoms with Crippen molar-refractivity contribution in [3.63, 3.8) is 0 Å². The molecule has 2 heterocycles. The first-order chi connectivity index (χ1) is 9.42. The van der Waals surface area contributed by atoms with Crippen molar-refractivity contribution in [2.45, 2.75) is 51.6 Å². The molecule has 1 aromatic rings. The molecule has 3 rings (SSSR count). The van der Waals surface area contributed by atoms with E-state index in [9.17, 15) is 0 Å². The van der Waals surface area contributed by atoms with Crippen molar-refractivity contribution >= 4 is 0 Å². The highest BCUT2D eigenvalue weighted by Crippen LogP contribution is 2.21. The summed E-state index contributed by atoms with van der Waals surface area (Å²) in [6.07, 6.45) is 5.63. The Balaban J connectivity index is 1.40. The Morgan fingerprint density at radius 1 is 1.16 bits per heavy atom. The van der Waals surface area contributed by atoms with E-state index in [1.807, 2.05) is 0 Å². The Labute approximate surface area is 114 Å². The van der Waals surface area contributed by atoms with E-state index < -0.39 is 0 Å². The van der Waals surface area contributed by atoms with Crippen LogP contribution in [0.15, 0.2) is 18.2 Å². The molecule has 1 fully saturated rings. The van der Waals surface area contributed by atoms with Gasteiger partial charge in [-0.15, -0.1) is 0 Å². The number of benzene rings is 1. The van der Waals surface area contributed by atoms with Crippen molar-refractivity contribution in [1.82, 2.24) is 0 Å². The highest BCUT2D eigenvalue weighted by molar-refractivity contribution is 5.33. The van der Waals surface area contributed by atoms with Crippen molar-refractivity contribution in [2.75, 3.05) is 13.2 Å². The zero-order valence-electron chi connectivity index (χ0n) is 11.4. The maximum absolute atomic E-state index is 5.75. The second kappa shape index (κ2) is 6.51. The van der Waals surface area contributed by atoms with Gasteiger partial charge in [0.15, 0.2) is 6.29 Å². The second-order valence-electron chi connectivity index (χ2n) is 5.37. The lowest BCUT2D eigenvalue weighted by Gasteiger charge is -2.22. The Hall–Kier alpha value is -0.900. The molecule has 0 aromatic heterocycles. The molecule has 1 saturated heterocycles. The summed E-state index contributed by atoms with van der Waals surface area (Å²) < 4.78 is 16.7. The average Bonchev–Trinajstić information content (AvgIpc) is 2.92. The molecule has 3 heteroatoms. The monoisotopic (exact) mass is 262 g/mol. The summed E-state index contributed by atoms with van der Waals surface area (Å²) in [7, 11) is 0. The van der Waals surface area contributed by atoms with Gasteiger partial charge < -0.3 is 14.2 Å². The third-order valence-electron chi connectivity index (χ3n) is 3.84. The van der Waals surface area contributed by atoms with Crippen LogP contribution in [-0.2, 0) is 33.8 Å². The molecule has 3 nitrogen and oxygen atoms in total. The fourth-order valence-corrected chi connectivity index (χ4v) is 2.71. The van der Waals surface area contributed by atoms with Gasteiger partial charge in [0.2, 0.25) is 0 Å². The van der Waals surface area contributed by atoms with Gasteiger partial charge in [-0.1, -0.05) is 18.2 Å². The molecule has 1 atom stereocenters. The van der Waals surface area contributed by atoms with Crippen LogP contribution in [-0.4, -0.2) is 19.5 Å². The molecule has 0 bridgehead atoms. The lowest BCUT2D eigenvalue weighted by Crippen LogP contribution is -2.22. The largest absolute Gasteiger partial charge is 0.372 e. The van der Waals surface area contributed by atoms with Gasteiger partial charge >= 0.3 is 0 Å². The van der Waals surface area contributed by atoms with Gasteiger partial charge in [-0.25, -0.2) is 0 Å². The molecule has 104 valence electrons. The number of rotatable bonds is 5. The van der Waals surface area contributed by atoms with E-state index in [1.165, 1.54) is 29.5 Å². The van der Waals surface area contributed by atoms with Crippen LogP contribution in [0.5, 0.6) is 0 Å². The molecule has 0 amide bonds. The van der Waals surface area contributed by atoms with Gasteiger partial charge in [-0.2, -0.15) is 0 Å². The summed E-state index contributed by atoms with van der Waals surface area (Å²) in [5.74, 6) is 0. The van der Waals surface area contributed by atoms with E-state index in [1.54, 1.807) is 0 Å². The third-order valence-corrected chi connectivity index (χ3v) is 3.84. The molecular formula is C16H22O3. The highest BCUT2D eigenvalue weighted by Gasteiger charge is 2.14. The van der Waals surface area contributed by atoms with Crippen LogP contribution in [0, 0.1) is 0 Å². The molecule has 19 heavy (non-hydrogen) atoms. The molecule has 0 aliphatic carbocycles. The van der Waals surface area contributed by atoms with Crippen LogP contribution in [0.1, 0.15) is 42.4 Å². The Kier molecular flexibility index (Phi) is 4.49. The molecular weight excluding hydrogens is 240 g/mol. The first-order valence-corrected chi connectivity index (χ1v) is 7.33. The molecule has 2 aliphatic rings. The number of ether oxygens (including phenoxy) is 3. The smallest absolute Gasteiger partial charge is 0.157 e. The summed E-state index contributed by atoms with van der Waals surface area (Å²) in [5, 5.41) is 0. The average molecular weight is 262 g/mol. The van der Waals surface area contributed by atoms with Crippen molar-refractivity contribution in [3.05, 3.63) is 34.9 Å². The van der Waals surface area contributed by atoms with E-state index in [4.69, 9.17) is 14.2 Å². The van der Waals surface area contributed by atoms with Gasteiger partial charge in [-0.3, -0.25) is 0 Å². The lowest BCUT2D eigenvalue weighted by atomic mass is 10.0. The SMILES string of the molecule is c1cc2c(cc1CCCOC1CCCCO1)COC2. The van der Waals surface area contributed by atoms with Crippen molar-refractivity contribution in [1.29, 1.82) is 0 Å². The second-order valence-corrected chi connectivity index (χ2v) is 5.37. The van der Waals surface area contributed by atoms with Crippen LogP contribution >= 0.6 is 0 Å². The van der Waals surface area contributed by atoms with Crippen LogP contribution < -0.4 is 0 Å². The molecule has 1 unspecified atom stereocenters.